The summed E-state index contributed by atoms with van der Waals surface area (Å²) in [7, 11) is 2.01. The lowest BCUT2D eigenvalue weighted by molar-refractivity contribution is -0.00854. The summed E-state index contributed by atoms with van der Waals surface area (Å²) in [6.07, 6.45) is 2.60. The number of likely N-dealkylation sites (N-methyl/N-ethyl adjacent to an activating group) is 1. The van der Waals surface area contributed by atoms with E-state index >= 15 is 0 Å². The first-order chi connectivity index (χ1) is 6.92. The van der Waals surface area contributed by atoms with Crippen molar-refractivity contribution in [1.29, 1.82) is 0 Å². The number of ether oxygens (including phenoxy) is 1. The van der Waals surface area contributed by atoms with Crippen molar-refractivity contribution in [2.45, 2.75) is 25.0 Å². The van der Waals surface area contributed by atoms with E-state index in [4.69, 9.17) is 4.74 Å². The van der Waals surface area contributed by atoms with Gasteiger partial charge in [0.15, 0.2) is 0 Å². The highest BCUT2D eigenvalue weighted by Crippen LogP contribution is 2.27. The van der Waals surface area contributed by atoms with Crippen molar-refractivity contribution in [2.24, 2.45) is 0 Å². The van der Waals surface area contributed by atoms with Crippen LogP contribution in [0.3, 0.4) is 0 Å². The Balaban J connectivity index is 2.15. The summed E-state index contributed by atoms with van der Waals surface area (Å²) in [5.74, 6) is 0. The van der Waals surface area contributed by atoms with Gasteiger partial charge in [0, 0.05) is 12.6 Å². The summed E-state index contributed by atoms with van der Waals surface area (Å²) < 4.78 is 5.80. The molecule has 14 heavy (non-hydrogen) atoms. The van der Waals surface area contributed by atoms with Crippen molar-refractivity contribution in [2.75, 3.05) is 13.7 Å². The molecule has 1 aliphatic heterocycles. The standard InChI is InChI=1S/C12H17NO/c1-13-11-8-5-9-14-12(11)10-6-3-2-4-7-10/h2-4,6-7,11-13H,5,8-9H2,1H3. The molecule has 1 heterocycles. The molecule has 2 heteroatoms. The third-order valence-electron chi connectivity index (χ3n) is 2.82. The Bertz CT molecular complexity index is 273. The van der Waals surface area contributed by atoms with Crippen molar-refractivity contribution < 1.29 is 4.74 Å². The number of hydrogen-bond acceptors (Lipinski definition) is 2. The monoisotopic (exact) mass is 191 g/mol. The third kappa shape index (κ3) is 1.97. The molecule has 0 saturated carbocycles. The summed E-state index contributed by atoms with van der Waals surface area (Å²) >= 11 is 0. The van der Waals surface area contributed by atoms with Crippen molar-refractivity contribution in [3.8, 4) is 0 Å². The molecule has 2 rings (SSSR count). The molecule has 0 spiro atoms. The summed E-state index contributed by atoms with van der Waals surface area (Å²) in [5.41, 5.74) is 1.28. The van der Waals surface area contributed by atoms with Gasteiger partial charge >= 0.3 is 0 Å². The van der Waals surface area contributed by atoms with E-state index in [0.29, 0.717) is 6.04 Å². The summed E-state index contributed by atoms with van der Waals surface area (Å²) in [4.78, 5) is 0. The first-order valence-electron chi connectivity index (χ1n) is 5.25. The summed E-state index contributed by atoms with van der Waals surface area (Å²) in [6.45, 7) is 0.887. The SMILES string of the molecule is CNC1CCCOC1c1ccccc1. The molecular weight excluding hydrogens is 174 g/mol. The minimum atomic E-state index is 0.231. The van der Waals surface area contributed by atoms with E-state index < -0.39 is 0 Å². The fourth-order valence-electron chi connectivity index (χ4n) is 2.05. The molecule has 1 aromatic carbocycles. The maximum atomic E-state index is 5.80. The fraction of sp³-hybridized carbons (Fsp3) is 0.500. The Morgan fingerprint density at radius 2 is 2.07 bits per heavy atom. The Kier molecular flexibility index (Phi) is 3.17. The average molecular weight is 191 g/mol. The molecule has 1 N–H and O–H groups in total. The van der Waals surface area contributed by atoms with Gasteiger partial charge < -0.3 is 10.1 Å². The van der Waals surface area contributed by atoms with E-state index in [9.17, 15) is 0 Å². The number of rotatable bonds is 2. The highest BCUT2D eigenvalue weighted by Gasteiger charge is 2.25. The second-order valence-corrected chi connectivity index (χ2v) is 3.74. The first-order valence-corrected chi connectivity index (χ1v) is 5.25. The molecule has 1 fully saturated rings. The maximum Gasteiger partial charge on any atom is 0.0977 e. The fourth-order valence-corrected chi connectivity index (χ4v) is 2.05. The van der Waals surface area contributed by atoms with Gasteiger partial charge in [-0.2, -0.15) is 0 Å². The van der Waals surface area contributed by atoms with Crippen LogP contribution in [0.1, 0.15) is 24.5 Å². The van der Waals surface area contributed by atoms with Crippen LogP contribution in [0, 0.1) is 0 Å². The molecule has 0 amide bonds. The van der Waals surface area contributed by atoms with Crippen LogP contribution in [-0.2, 0) is 4.74 Å². The van der Waals surface area contributed by atoms with Gasteiger partial charge in [-0.25, -0.2) is 0 Å². The van der Waals surface area contributed by atoms with Crippen LogP contribution in [0.2, 0.25) is 0 Å². The zero-order chi connectivity index (χ0) is 9.80. The molecule has 1 aliphatic rings. The molecule has 0 radical (unpaired) electrons. The summed E-state index contributed by atoms with van der Waals surface area (Å²) in [5, 5.41) is 3.33. The Hall–Kier alpha value is -0.860. The van der Waals surface area contributed by atoms with Crippen molar-refractivity contribution >= 4 is 0 Å². The van der Waals surface area contributed by atoms with Crippen molar-refractivity contribution in [3.63, 3.8) is 0 Å². The lowest BCUT2D eigenvalue weighted by Gasteiger charge is -2.31. The van der Waals surface area contributed by atoms with Gasteiger partial charge in [0.25, 0.3) is 0 Å². The van der Waals surface area contributed by atoms with E-state index in [0.717, 1.165) is 13.0 Å². The van der Waals surface area contributed by atoms with E-state index in [2.05, 4.69) is 29.6 Å². The van der Waals surface area contributed by atoms with E-state index in [-0.39, 0.29) is 6.10 Å². The number of benzene rings is 1. The maximum absolute atomic E-state index is 5.80. The van der Waals surface area contributed by atoms with Gasteiger partial charge in [-0.15, -0.1) is 0 Å². The predicted octanol–water partition coefficient (Wildman–Crippen LogP) is 2.13. The molecular formula is C12H17NO. The molecule has 76 valence electrons. The average Bonchev–Trinajstić information content (AvgIpc) is 2.30. The van der Waals surface area contributed by atoms with Crippen LogP contribution in [-0.4, -0.2) is 19.7 Å². The molecule has 2 nitrogen and oxygen atoms in total. The molecule has 2 unspecified atom stereocenters. The number of hydrogen-bond donors (Lipinski definition) is 1. The van der Waals surface area contributed by atoms with Gasteiger partial charge in [0.05, 0.1) is 6.10 Å². The molecule has 1 saturated heterocycles. The highest BCUT2D eigenvalue weighted by molar-refractivity contribution is 5.19. The van der Waals surface area contributed by atoms with E-state index in [1.807, 2.05) is 13.1 Å². The van der Waals surface area contributed by atoms with Gasteiger partial charge in [0.2, 0.25) is 0 Å². The van der Waals surface area contributed by atoms with Crippen LogP contribution < -0.4 is 5.32 Å². The lowest BCUT2D eigenvalue weighted by Crippen LogP contribution is -2.37. The Morgan fingerprint density at radius 1 is 1.29 bits per heavy atom. The zero-order valence-electron chi connectivity index (χ0n) is 8.57. The van der Waals surface area contributed by atoms with Crippen LogP contribution in [0.15, 0.2) is 30.3 Å². The van der Waals surface area contributed by atoms with E-state index in [1.54, 1.807) is 0 Å². The minimum absolute atomic E-state index is 0.231. The molecule has 2 atom stereocenters. The van der Waals surface area contributed by atoms with E-state index in [1.165, 1.54) is 12.0 Å². The van der Waals surface area contributed by atoms with Gasteiger partial charge in [-0.1, -0.05) is 30.3 Å². The quantitative estimate of drug-likeness (QED) is 0.773. The first kappa shape index (κ1) is 9.69. The Labute approximate surface area is 85.3 Å². The van der Waals surface area contributed by atoms with Crippen molar-refractivity contribution in [1.82, 2.24) is 5.32 Å². The molecule has 0 bridgehead atoms. The van der Waals surface area contributed by atoms with Gasteiger partial charge in [0.1, 0.15) is 0 Å². The smallest absolute Gasteiger partial charge is 0.0977 e. The van der Waals surface area contributed by atoms with Gasteiger partial charge in [-0.3, -0.25) is 0 Å². The normalized spacial score (nSPS) is 27.5. The third-order valence-corrected chi connectivity index (χ3v) is 2.82. The van der Waals surface area contributed by atoms with Crippen LogP contribution in [0.5, 0.6) is 0 Å². The zero-order valence-corrected chi connectivity index (χ0v) is 8.57. The summed E-state index contributed by atoms with van der Waals surface area (Å²) in [6, 6.07) is 10.9. The second kappa shape index (κ2) is 4.58. The minimum Gasteiger partial charge on any atom is -0.372 e. The predicted molar refractivity (Wildman–Crippen MR) is 57.2 cm³/mol. The largest absolute Gasteiger partial charge is 0.372 e. The second-order valence-electron chi connectivity index (χ2n) is 3.74. The molecule has 0 aliphatic carbocycles. The lowest BCUT2D eigenvalue weighted by atomic mass is 9.96. The van der Waals surface area contributed by atoms with Crippen molar-refractivity contribution in [3.05, 3.63) is 35.9 Å². The van der Waals surface area contributed by atoms with Gasteiger partial charge in [-0.05, 0) is 25.5 Å². The topological polar surface area (TPSA) is 21.3 Å². The molecule has 0 aromatic heterocycles. The van der Waals surface area contributed by atoms with Crippen LogP contribution in [0.25, 0.3) is 0 Å². The van der Waals surface area contributed by atoms with Crippen LogP contribution >= 0.6 is 0 Å². The Morgan fingerprint density at radius 3 is 2.79 bits per heavy atom. The molecule has 1 aromatic rings. The van der Waals surface area contributed by atoms with Crippen LogP contribution in [0.4, 0.5) is 0 Å². The highest BCUT2D eigenvalue weighted by atomic mass is 16.5. The number of nitrogens with one attached hydrogen (secondary N) is 1.